The Morgan fingerprint density at radius 1 is 1.04 bits per heavy atom. The molecular formula is C19H27N3O2. The number of urea groups is 1. The molecule has 1 atom stereocenters. The highest BCUT2D eigenvalue weighted by Crippen LogP contribution is 2.35. The Kier molecular flexibility index (Phi) is 5.38. The van der Waals surface area contributed by atoms with E-state index in [0.29, 0.717) is 12.1 Å². The maximum Gasteiger partial charge on any atom is 0.312 e. The fraction of sp³-hybridized carbons (Fsp3) is 0.579. The number of amides is 3. The van der Waals surface area contributed by atoms with Crippen LogP contribution in [-0.2, 0) is 4.79 Å². The van der Waals surface area contributed by atoms with E-state index in [1.807, 2.05) is 30.3 Å². The minimum Gasteiger partial charge on any atom is -0.352 e. The number of nitrogens with one attached hydrogen (secondary N) is 1. The Labute approximate surface area is 143 Å². The van der Waals surface area contributed by atoms with Crippen molar-refractivity contribution in [1.29, 1.82) is 0 Å². The van der Waals surface area contributed by atoms with Gasteiger partial charge in [-0.2, -0.15) is 0 Å². The summed E-state index contributed by atoms with van der Waals surface area (Å²) >= 11 is 0. The van der Waals surface area contributed by atoms with E-state index >= 15 is 0 Å². The van der Waals surface area contributed by atoms with Crippen LogP contribution in [0.2, 0.25) is 0 Å². The van der Waals surface area contributed by atoms with Gasteiger partial charge in [-0.3, -0.25) is 4.79 Å². The first-order valence-corrected chi connectivity index (χ1v) is 9.07. The number of carbonyl (C=O) groups is 2. The largest absolute Gasteiger partial charge is 0.352 e. The molecule has 24 heavy (non-hydrogen) atoms. The van der Waals surface area contributed by atoms with E-state index < -0.39 is 6.03 Å². The Balaban J connectivity index is 1.72. The minimum absolute atomic E-state index is 0.145. The zero-order valence-electron chi connectivity index (χ0n) is 14.1. The van der Waals surface area contributed by atoms with Gasteiger partial charge in [-0.1, -0.05) is 49.6 Å². The summed E-state index contributed by atoms with van der Waals surface area (Å²) < 4.78 is 0. The molecule has 3 amide bonds. The molecule has 0 radical (unpaired) electrons. The predicted molar refractivity (Wildman–Crippen MR) is 93.3 cm³/mol. The maximum atomic E-state index is 13.0. The van der Waals surface area contributed by atoms with Crippen molar-refractivity contribution in [3.8, 4) is 0 Å². The highest BCUT2D eigenvalue weighted by Gasteiger charge is 2.38. The van der Waals surface area contributed by atoms with E-state index in [-0.39, 0.29) is 18.4 Å². The van der Waals surface area contributed by atoms with E-state index in [2.05, 4.69) is 10.2 Å². The van der Waals surface area contributed by atoms with Gasteiger partial charge >= 0.3 is 6.03 Å². The SMILES string of the molecule is NC(=O)N[C@@H](CC(=O)N(C1CCCCC1)C1CC1)c1ccccc1. The zero-order valence-corrected chi connectivity index (χ0v) is 14.1. The van der Waals surface area contributed by atoms with Gasteiger partial charge in [-0.25, -0.2) is 4.79 Å². The van der Waals surface area contributed by atoms with Gasteiger partial charge < -0.3 is 16.0 Å². The first-order valence-electron chi connectivity index (χ1n) is 9.07. The van der Waals surface area contributed by atoms with Gasteiger partial charge in [0.25, 0.3) is 0 Å². The number of nitrogens with zero attached hydrogens (tertiary/aromatic N) is 1. The van der Waals surface area contributed by atoms with E-state index in [9.17, 15) is 9.59 Å². The number of hydrogen-bond donors (Lipinski definition) is 2. The van der Waals surface area contributed by atoms with Crippen molar-refractivity contribution in [2.24, 2.45) is 5.73 Å². The van der Waals surface area contributed by atoms with Gasteiger partial charge in [0.05, 0.1) is 12.5 Å². The molecule has 2 aliphatic carbocycles. The molecule has 0 spiro atoms. The molecule has 0 aromatic heterocycles. The molecule has 5 nitrogen and oxygen atoms in total. The summed E-state index contributed by atoms with van der Waals surface area (Å²) in [5.41, 5.74) is 6.24. The molecule has 0 aliphatic heterocycles. The third kappa shape index (κ3) is 4.28. The van der Waals surface area contributed by atoms with E-state index in [0.717, 1.165) is 31.2 Å². The molecule has 0 heterocycles. The molecule has 0 unspecified atom stereocenters. The number of carbonyl (C=O) groups excluding carboxylic acids is 2. The second-order valence-corrected chi connectivity index (χ2v) is 7.00. The summed E-state index contributed by atoms with van der Waals surface area (Å²) in [5, 5.41) is 2.74. The number of primary amides is 1. The second kappa shape index (κ2) is 7.69. The smallest absolute Gasteiger partial charge is 0.312 e. The lowest BCUT2D eigenvalue weighted by Crippen LogP contribution is -2.45. The first kappa shape index (κ1) is 16.8. The van der Waals surface area contributed by atoms with Crippen molar-refractivity contribution in [3.63, 3.8) is 0 Å². The Morgan fingerprint density at radius 3 is 2.25 bits per heavy atom. The molecule has 5 heteroatoms. The lowest BCUT2D eigenvalue weighted by Gasteiger charge is -2.35. The normalized spacial score (nSPS) is 19.5. The quantitative estimate of drug-likeness (QED) is 0.841. The average Bonchev–Trinajstić information content (AvgIpc) is 3.41. The Bertz CT molecular complexity index is 565. The maximum absolute atomic E-state index is 13.0. The highest BCUT2D eigenvalue weighted by atomic mass is 16.2. The van der Waals surface area contributed by atoms with Crippen LogP contribution in [0.15, 0.2) is 30.3 Å². The summed E-state index contributed by atoms with van der Waals surface area (Å²) in [6, 6.07) is 9.43. The van der Waals surface area contributed by atoms with Crippen LogP contribution < -0.4 is 11.1 Å². The minimum atomic E-state index is -0.590. The first-order chi connectivity index (χ1) is 11.6. The van der Waals surface area contributed by atoms with Crippen molar-refractivity contribution < 1.29 is 9.59 Å². The molecule has 2 fully saturated rings. The Hall–Kier alpha value is -2.04. The summed E-state index contributed by atoms with van der Waals surface area (Å²) in [6.45, 7) is 0. The van der Waals surface area contributed by atoms with E-state index in [4.69, 9.17) is 5.73 Å². The van der Waals surface area contributed by atoms with Gasteiger partial charge in [0.1, 0.15) is 0 Å². The summed E-state index contributed by atoms with van der Waals surface area (Å²) in [7, 11) is 0. The molecule has 130 valence electrons. The highest BCUT2D eigenvalue weighted by molar-refractivity contribution is 5.79. The predicted octanol–water partition coefficient (Wildman–Crippen LogP) is 3.11. The van der Waals surface area contributed by atoms with Crippen LogP contribution in [0, 0.1) is 0 Å². The number of benzene rings is 1. The average molecular weight is 329 g/mol. The lowest BCUT2D eigenvalue weighted by atomic mass is 9.93. The topological polar surface area (TPSA) is 75.4 Å². The monoisotopic (exact) mass is 329 g/mol. The number of hydrogen-bond acceptors (Lipinski definition) is 2. The summed E-state index contributed by atoms with van der Waals surface area (Å²) in [6.07, 6.45) is 8.43. The van der Waals surface area contributed by atoms with Gasteiger partial charge in [0.2, 0.25) is 5.91 Å². The molecular weight excluding hydrogens is 302 g/mol. The summed E-state index contributed by atoms with van der Waals surface area (Å²) in [5.74, 6) is 0.145. The van der Waals surface area contributed by atoms with Crippen LogP contribution in [-0.4, -0.2) is 28.9 Å². The molecule has 1 aromatic rings. The fourth-order valence-electron chi connectivity index (χ4n) is 3.81. The van der Waals surface area contributed by atoms with E-state index in [1.54, 1.807) is 0 Å². The Morgan fingerprint density at radius 2 is 1.67 bits per heavy atom. The van der Waals surface area contributed by atoms with Crippen molar-refractivity contribution in [3.05, 3.63) is 35.9 Å². The molecule has 2 aliphatic rings. The molecule has 2 saturated carbocycles. The molecule has 0 bridgehead atoms. The third-order valence-electron chi connectivity index (χ3n) is 5.09. The van der Waals surface area contributed by atoms with Crippen LogP contribution >= 0.6 is 0 Å². The van der Waals surface area contributed by atoms with Crippen molar-refractivity contribution >= 4 is 11.9 Å². The summed E-state index contributed by atoms with van der Waals surface area (Å²) in [4.78, 5) is 26.5. The van der Waals surface area contributed by atoms with Crippen molar-refractivity contribution in [1.82, 2.24) is 10.2 Å². The van der Waals surface area contributed by atoms with Gasteiger partial charge in [0.15, 0.2) is 0 Å². The fourth-order valence-corrected chi connectivity index (χ4v) is 3.81. The molecule has 1 aromatic carbocycles. The number of nitrogens with two attached hydrogens (primary N) is 1. The third-order valence-corrected chi connectivity index (χ3v) is 5.09. The van der Waals surface area contributed by atoms with Crippen LogP contribution in [0.1, 0.15) is 63.0 Å². The zero-order chi connectivity index (χ0) is 16.9. The van der Waals surface area contributed by atoms with E-state index in [1.165, 1.54) is 19.3 Å². The van der Waals surface area contributed by atoms with Gasteiger partial charge in [-0.05, 0) is 31.2 Å². The molecule has 3 rings (SSSR count). The lowest BCUT2D eigenvalue weighted by molar-refractivity contribution is -0.135. The molecule has 0 saturated heterocycles. The molecule has 3 N–H and O–H groups in total. The second-order valence-electron chi connectivity index (χ2n) is 7.00. The van der Waals surface area contributed by atoms with Gasteiger partial charge in [-0.15, -0.1) is 0 Å². The van der Waals surface area contributed by atoms with Crippen LogP contribution in [0.4, 0.5) is 4.79 Å². The van der Waals surface area contributed by atoms with Crippen molar-refractivity contribution in [2.75, 3.05) is 0 Å². The number of rotatable bonds is 6. The van der Waals surface area contributed by atoms with Crippen molar-refractivity contribution in [2.45, 2.75) is 69.5 Å². The van der Waals surface area contributed by atoms with Crippen LogP contribution in [0.5, 0.6) is 0 Å². The standard InChI is InChI=1S/C19H27N3O2/c20-19(24)21-17(14-7-3-1-4-8-14)13-18(23)22(16-11-12-16)15-9-5-2-6-10-15/h1,3-4,7-8,15-17H,2,5-6,9-13H2,(H3,20,21,24)/t17-/m0/s1. The van der Waals surface area contributed by atoms with Gasteiger partial charge in [0, 0.05) is 12.1 Å². The van der Waals surface area contributed by atoms with Crippen LogP contribution in [0.3, 0.4) is 0 Å². The van der Waals surface area contributed by atoms with Crippen LogP contribution in [0.25, 0.3) is 0 Å².